The maximum Gasteiger partial charge on any atom is 0.306 e. The molecule has 0 bridgehead atoms. The maximum absolute atomic E-state index is 11.4. The van der Waals surface area contributed by atoms with E-state index in [1.807, 2.05) is 0 Å². The second kappa shape index (κ2) is 3.76. The van der Waals surface area contributed by atoms with Crippen molar-refractivity contribution in [2.75, 3.05) is 0 Å². The summed E-state index contributed by atoms with van der Waals surface area (Å²) in [6, 6.07) is 0. The van der Waals surface area contributed by atoms with Crippen LogP contribution in [-0.2, 0) is 9.53 Å². The number of carbonyl (C=O) groups is 1. The molecule has 2 nitrogen and oxygen atoms in total. The summed E-state index contributed by atoms with van der Waals surface area (Å²) in [5, 5.41) is 0. The topological polar surface area (TPSA) is 26.3 Å². The first kappa shape index (κ1) is 11.4. The number of alkyl halides is 1. The first-order chi connectivity index (χ1) is 6.94. The lowest BCUT2D eigenvalue weighted by Crippen LogP contribution is -2.45. The van der Waals surface area contributed by atoms with Crippen LogP contribution in [-0.4, -0.2) is 16.9 Å². The van der Waals surface area contributed by atoms with Crippen LogP contribution in [0.2, 0.25) is 0 Å². The van der Waals surface area contributed by atoms with E-state index in [0.717, 1.165) is 6.42 Å². The van der Waals surface area contributed by atoms with E-state index in [4.69, 9.17) is 4.74 Å². The number of fused-ring (bicyclic) bond motifs is 1. The molecule has 0 aromatic rings. The van der Waals surface area contributed by atoms with Gasteiger partial charge < -0.3 is 4.74 Å². The van der Waals surface area contributed by atoms with Gasteiger partial charge in [-0.1, -0.05) is 36.7 Å². The van der Waals surface area contributed by atoms with E-state index in [9.17, 15) is 4.79 Å². The number of halogens is 1. The molecule has 86 valence electrons. The third-order valence-corrected chi connectivity index (χ3v) is 5.26. The zero-order chi connectivity index (χ0) is 11.2. The number of hydrogen-bond acceptors (Lipinski definition) is 2. The molecule has 0 spiro atoms. The van der Waals surface area contributed by atoms with Crippen LogP contribution in [0.4, 0.5) is 0 Å². The van der Waals surface area contributed by atoms with Gasteiger partial charge in [0.05, 0.1) is 11.2 Å². The van der Waals surface area contributed by atoms with E-state index in [1.54, 1.807) is 0 Å². The van der Waals surface area contributed by atoms with Crippen LogP contribution in [0.15, 0.2) is 0 Å². The number of ether oxygens (including phenoxy) is 1. The molecule has 0 aromatic heterocycles. The fourth-order valence-electron chi connectivity index (χ4n) is 3.02. The van der Waals surface area contributed by atoms with Crippen LogP contribution in [0, 0.1) is 17.3 Å². The number of carbonyl (C=O) groups excluding carboxylic acids is 1. The van der Waals surface area contributed by atoms with Gasteiger partial charge >= 0.3 is 5.97 Å². The van der Waals surface area contributed by atoms with E-state index >= 15 is 0 Å². The minimum absolute atomic E-state index is 0.0173. The van der Waals surface area contributed by atoms with Crippen molar-refractivity contribution in [3.05, 3.63) is 0 Å². The molecule has 4 atom stereocenters. The minimum Gasteiger partial charge on any atom is -0.461 e. The third-order valence-electron chi connectivity index (χ3n) is 4.10. The van der Waals surface area contributed by atoms with Gasteiger partial charge in [0.1, 0.15) is 6.10 Å². The van der Waals surface area contributed by atoms with E-state index in [0.29, 0.717) is 23.1 Å². The summed E-state index contributed by atoms with van der Waals surface area (Å²) in [4.78, 5) is 11.7. The maximum atomic E-state index is 11.4. The fourth-order valence-corrected chi connectivity index (χ4v) is 4.64. The molecule has 0 aromatic carbocycles. The van der Waals surface area contributed by atoms with Crippen LogP contribution < -0.4 is 0 Å². The quantitative estimate of drug-likeness (QED) is 0.543. The van der Waals surface area contributed by atoms with Crippen molar-refractivity contribution in [2.24, 2.45) is 17.3 Å². The largest absolute Gasteiger partial charge is 0.461 e. The predicted molar refractivity (Wildman–Crippen MR) is 62.9 cm³/mol. The predicted octanol–water partition coefficient (Wildman–Crippen LogP) is 3.14. The highest BCUT2D eigenvalue weighted by Gasteiger charge is 2.53. The minimum atomic E-state index is -0.0173. The smallest absolute Gasteiger partial charge is 0.306 e. The molecule has 0 N–H and O–H groups in total. The van der Waals surface area contributed by atoms with Crippen LogP contribution in [0.1, 0.15) is 40.0 Å². The van der Waals surface area contributed by atoms with Gasteiger partial charge in [-0.25, -0.2) is 0 Å². The molecule has 2 rings (SSSR count). The summed E-state index contributed by atoms with van der Waals surface area (Å²) >= 11 is 3.75. The van der Waals surface area contributed by atoms with Crippen LogP contribution >= 0.6 is 15.9 Å². The highest BCUT2D eigenvalue weighted by molar-refractivity contribution is 9.09. The Morgan fingerprint density at radius 3 is 2.80 bits per heavy atom. The van der Waals surface area contributed by atoms with E-state index in [2.05, 4.69) is 36.7 Å². The van der Waals surface area contributed by atoms with Crippen LogP contribution in [0.5, 0.6) is 0 Å². The second-order valence-corrected chi connectivity index (χ2v) is 6.69. The van der Waals surface area contributed by atoms with Crippen molar-refractivity contribution in [3.63, 3.8) is 0 Å². The molecule has 1 aliphatic carbocycles. The van der Waals surface area contributed by atoms with Gasteiger partial charge in [-0.05, 0) is 24.7 Å². The summed E-state index contributed by atoms with van der Waals surface area (Å²) in [5.41, 5.74) is 0.0800. The molecular weight excluding hydrogens is 256 g/mol. The molecular formula is C12H19BrO2. The van der Waals surface area contributed by atoms with Crippen molar-refractivity contribution in [1.29, 1.82) is 0 Å². The zero-order valence-electron chi connectivity index (χ0n) is 9.63. The Morgan fingerprint density at radius 2 is 2.20 bits per heavy atom. The first-order valence-electron chi connectivity index (χ1n) is 5.77. The van der Waals surface area contributed by atoms with E-state index in [-0.39, 0.29) is 17.5 Å². The Hall–Kier alpha value is -0.0500. The van der Waals surface area contributed by atoms with Gasteiger partial charge in [-0.2, -0.15) is 0 Å². The standard InChI is InChI=1S/C12H19BrO2/c1-7(2)8-4-5-12(3)6-9(14)15-11(12)10(8)13/h7-8,10-11H,4-6H2,1-3H3/t8-,10+,11-,12-/m1/s1. The number of esters is 1. The summed E-state index contributed by atoms with van der Waals surface area (Å²) in [6.07, 6.45) is 3.02. The Labute approximate surface area is 99.9 Å². The normalized spacial score (nSPS) is 45.4. The highest BCUT2D eigenvalue weighted by atomic mass is 79.9. The monoisotopic (exact) mass is 274 g/mol. The lowest BCUT2D eigenvalue weighted by molar-refractivity contribution is -0.142. The van der Waals surface area contributed by atoms with Crippen molar-refractivity contribution in [3.8, 4) is 0 Å². The third kappa shape index (κ3) is 1.83. The lowest BCUT2D eigenvalue weighted by Gasteiger charge is -2.43. The van der Waals surface area contributed by atoms with E-state index < -0.39 is 0 Å². The average molecular weight is 275 g/mol. The lowest BCUT2D eigenvalue weighted by atomic mass is 9.67. The van der Waals surface area contributed by atoms with Gasteiger partial charge in [-0.3, -0.25) is 4.79 Å². The fraction of sp³-hybridized carbons (Fsp3) is 0.917. The molecule has 0 radical (unpaired) electrons. The average Bonchev–Trinajstić information content (AvgIpc) is 2.41. The van der Waals surface area contributed by atoms with Gasteiger partial charge in [0.2, 0.25) is 0 Å². The van der Waals surface area contributed by atoms with Gasteiger partial charge in [-0.15, -0.1) is 0 Å². The molecule has 3 heteroatoms. The molecule has 2 fully saturated rings. The first-order valence-corrected chi connectivity index (χ1v) is 6.69. The molecule has 1 saturated heterocycles. The number of hydrogen-bond donors (Lipinski definition) is 0. The van der Waals surface area contributed by atoms with E-state index in [1.165, 1.54) is 6.42 Å². The van der Waals surface area contributed by atoms with Crippen LogP contribution in [0.3, 0.4) is 0 Å². The van der Waals surface area contributed by atoms with Gasteiger partial charge in [0.15, 0.2) is 0 Å². The molecule has 0 unspecified atom stereocenters. The summed E-state index contributed by atoms with van der Waals surface area (Å²) in [5.74, 6) is 1.27. The number of rotatable bonds is 1. The Kier molecular flexibility index (Phi) is 2.87. The summed E-state index contributed by atoms with van der Waals surface area (Å²) in [7, 11) is 0. The summed E-state index contributed by atoms with van der Waals surface area (Å²) < 4.78 is 5.48. The molecule has 1 saturated carbocycles. The molecule has 1 heterocycles. The highest BCUT2D eigenvalue weighted by Crippen LogP contribution is 2.51. The molecule has 15 heavy (non-hydrogen) atoms. The Morgan fingerprint density at radius 1 is 1.53 bits per heavy atom. The summed E-state index contributed by atoms with van der Waals surface area (Å²) in [6.45, 7) is 6.68. The second-order valence-electron chi connectivity index (χ2n) is 5.63. The van der Waals surface area contributed by atoms with Gasteiger partial charge in [0, 0.05) is 5.41 Å². The zero-order valence-corrected chi connectivity index (χ0v) is 11.2. The van der Waals surface area contributed by atoms with Crippen molar-refractivity contribution < 1.29 is 9.53 Å². The molecule has 1 aliphatic heterocycles. The Balaban J connectivity index is 2.19. The van der Waals surface area contributed by atoms with Gasteiger partial charge in [0.25, 0.3) is 0 Å². The van der Waals surface area contributed by atoms with Crippen molar-refractivity contribution in [2.45, 2.75) is 51.0 Å². The SMILES string of the molecule is CC(C)[C@H]1CC[C@]2(C)CC(=O)O[C@@H]2[C@H]1Br. The molecule has 0 amide bonds. The van der Waals surface area contributed by atoms with Crippen molar-refractivity contribution in [1.82, 2.24) is 0 Å². The van der Waals surface area contributed by atoms with Crippen molar-refractivity contribution >= 4 is 21.9 Å². The molecule has 2 aliphatic rings. The van der Waals surface area contributed by atoms with Crippen LogP contribution in [0.25, 0.3) is 0 Å². The Bertz CT molecular complexity index is 277.